The Balaban J connectivity index is 2.26. The van der Waals surface area contributed by atoms with Gasteiger partial charge in [0.05, 0.1) is 0 Å². The predicted octanol–water partition coefficient (Wildman–Crippen LogP) is 4.50. The fourth-order valence-corrected chi connectivity index (χ4v) is 2.59. The number of pyridine rings is 1. The van der Waals surface area contributed by atoms with Gasteiger partial charge in [-0.25, -0.2) is 0 Å². The summed E-state index contributed by atoms with van der Waals surface area (Å²) in [5.74, 6) is 0. The zero-order valence-corrected chi connectivity index (χ0v) is 11.3. The Kier molecular flexibility index (Phi) is 3.05. The van der Waals surface area contributed by atoms with Gasteiger partial charge >= 0.3 is 0 Å². The van der Waals surface area contributed by atoms with Gasteiger partial charge in [-0.1, -0.05) is 41.4 Å². The van der Waals surface area contributed by atoms with Crippen LogP contribution >= 0.6 is 23.2 Å². The Bertz CT molecular complexity index is 824. The molecule has 19 heavy (non-hydrogen) atoms. The summed E-state index contributed by atoms with van der Waals surface area (Å²) in [4.78, 5) is 14.5. The lowest BCUT2D eigenvalue weighted by molar-refractivity contribution is 1.28. The minimum absolute atomic E-state index is 0.107. The van der Waals surface area contributed by atoms with Gasteiger partial charge in [-0.2, -0.15) is 0 Å². The van der Waals surface area contributed by atoms with Crippen LogP contribution in [0.1, 0.15) is 0 Å². The van der Waals surface area contributed by atoms with Crippen molar-refractivity contribution in [3.63, 3.8) is 0 Å². The summed E-state index contributed by atoms with van der Waals surface area (Å²) in [5, 5.41) is 2.70. The number of rotatable bonds is 1. The van der Waals surface area contributed by atoms with Gasteiger partial charge in [0.2, 0.25) is 0 Å². The quantitative estimate of drug-likeness (QED) is 0.703. The molecule has 94 valence electrons. The highest BCUT2D eigenvalue weighted by molar-refractivity contribution is 6.36. The normalized spacial score (nSPS) is 10.8. The van der Waals surface area contributed by atoms with Crippen molar-refractivity contribution in [2.45, 2.75) is 0 Å². The molecule has 0 saturated heterocycles. The van der Waals surface area contributed by atoms with Crippen LogP contribution in [0.5, 0.6) is 0 Å². The molecule has 0 saturated carbocycles. The molecule has 2 aromatic carbocycles. The topological polar surface area (TPSA) is 32.9 Å². The monoisotopic (exact) mass is 289 g/mol. The van der Waals surface area contributed by atoms with Gasteiger partial charge in [0.1, 0.15) is 0 Å². The lowest BCUT2D eigenvalue weighted by atomic mass is 10.0. The fraction of sp³-hybridized carbons (Fsp3) is 0. The van der Waals surface area contributed by atoms with Crippen molar-refractivity contribution in [1.82, 2.24) is 4.98 Å². The summed E-state index contributed by atoms with van der Waals surface area (Å²) in [6, 6.07) is 12.9. The average Bonchev–Trinajstić information content (AvgIpc) is 2.39. The minimum atomic E-state index is -0.107. The molecule has 0 fully saturated rings. The van der Waals surface area contributed by atoms with Gasteiger partial charge in [-0.15, -0.1) is 0 Å². The highest BCUT2D eigenvalue weighted by Gasteiger charge is 2.06. The number of H-pyrrole nitrogens is 1. The molecule has 0 aliphatic carbocycles. The number of hydrogen-bond acceptors (Lipinski definition) is 1. The van der Waals surface area contributed by atoms with Crippen LogP contribution in [0, 0.1) is 0 Å². The molecule has 0 radical (unpaired) electrons. The van der Waals surface area contributed by atoms with Crippen molar-refractivity contribution < 1.29 is 0 Å². The lowest BCUT2D eigenvalue weighted by Crippen LogP contribution is -2.04. The Morgan fingerprint density at radius 2 is 1.79 bits per heavy atom. The van der Waals surface area contributed by atoms with E-state index in [1.54, 1.807) is 18.3 Å². The molecule has 3 aromatic rings. The molecule has 0 aliphatic heterocycles. The van der Waals surface area contributed by atoms with Crippen molar-refractivity contribution in [2.24, 2.45) is 0 Å². The van der Waals surface area contributed by atoms with Crippen molar-refractivity contribution in [3.8, 4) is 11.1 Å². The lowest BCUT2D eigenvalue weighted by Gasteiger charge is -2.06. The fourth-order valence-electron chi connectivity index (χ4n) is 2.07. The molecule has 4 heteroatoms. The first kappa shape index (κ1) is 12.3. The first-order chi connectivity index (χ1) is 9.15. The summed E-state index contributed by atoms with van der Waals surface area (Å²) in [6.07, 6.45) is 1.64. The first-order valence-corrected chi connectivity index (χ1v) is 6.47. The van der Waals surface area contributed by atoms with E-state index < -0.39 is 0 Å². The van der Waals surface area contributed by atoms with Crippen LogP contribution < -0.4 is 5.56 Å². The number of fused-ring (bicyclic) bond motifs is 1. The largest absolute Gasteiger partial charge is 0.329 e. The van der Waals surface area contributed by atoms with Crippen molar-refractivity contribution in [2.75, 3.05) is 0 Å². The smallest absolute Gasteiger partial charge is 0.255 e. The van der Waals surface area contributed by atoms with E-state index >= 15 is 0 Å². The van der Waals surface area contributed by atoms with Gasteiger partial charge in [0.15, 0.2) is 0 Å². The maximum absolute atomic E-state index is 11.8. The predicted molar refractivity (Wildman–Crippen MR) is 80.0 cm³/mol. The number of aromatic nitrogens is 1. The van der Waals surface area contributed by atoms with Crippen LogP contribution in [0.3, 0.4) is 0 Å². The van der Waals surface area contributed by atoms with E-state index in [0.717, 1.165) is 16.5 Å². The Hall–Kier alpha value is -1.77. The second-order valence-corrected chi connectivity index (χ2v) is 5.08. The van der Waals surface area contributed by atoms with Gasteiger partial charge in [0.25, 0.3) is 5.56 Å². The summed E-state index contributed by atoms with van der Waals surface area (Å²) < 4.78 is 0. The van der Waals surface area contributed by atoms with Crippen LogP contribution in [-0.4, -0.2) is 4.98 Å². The Labute approximate surface area is 119 Å². The molecular formula is C15H9Cl2NO. The molecular weight excluding hydrogens is 281 g/mol. The molecule has 1 heterocycles. The number of benzene rings is 2. The van der Waals surface area contributed by atoms with Crippen molar-refractivity contribution in [3.05, 3.63) is 69.1 Å². The minimum Gasteiger partial charge on any atom is -0.329 e. The molecule has 1 N–H and O–H groups in total. The van der Waals surface area contributed by atoms with Gasteiger partial charge < -0.3 is 4.98 Å². The Morgan fingerprint density at radius 3 is 2.58 bits per heavy atom. The van der Waals surface area contributed by atoms with E-state index in [9.17, 15) is 4.79 Å². The van der Waals surface area contributed by atoms with Crippen LogP contribution in [0.2, 0.25) is 10.0 Å². The molecule has 0 aliphatic rings. The second-order valence-electron chi connectivity index (χ2n) is 4.23. The highest BCUT2D eigenvalue weighted by Crippen LogP contribution is 2.31. The van der Waals surface area contributed by atoms with Crippen LogP contribution in [0.25, 0.3) is 21.9 Å². The van der Waals surface area contributed by atoms with E-state index in [1.807, 2.05) is 30.3 Å². The number of nitrogens with one attached hydrogen (secondary N) is 1. The molecule has 1 aromatic heterocycles. The zero-order chi connectivity index (χ0) is 13.4. The molecule has 0 spiro atoms. The second kappa shape index (κ2) is 4.72. The van der Waals surface area contributed by atoms with E-state index in [0.29, 0.717) is 15.4 Å². The summed E-state index contributed by atoms with van der Waals surface area (Å²) in [7, 11) is 0. The van der Waals surface area contributed by atoms with Crippen molar-refractivity contribution >= 4 is 34.0 Å². The molecule has 0 unspecified atom stereocenters. The zero-order valence-electron chi connectivity index (χ0n) is 9.78. The van der Waals surface area contributed by atoms with E-state index in [-0.39, 0.29) is 5.56 Å². The maximum atomic E-state index is 11.8. The summed E-state index contributed by atoms with van der Waals surface area (Å²) in [6.45, 7) is 0. The van der Waals surface area contributed by atoms with Gasteiger partial charge in [-0.05, 0) is 35.2 Å². The van der Waals surface area contributed by atoms with E-state index in [1.165, 1.54) is 0 Å². The van der Waals surface area contributed by atoms with Crippen LogP contribution in [0.15, 0.2) is 53.5 Å². The number of aromatic amines is 1. The summed E-state index contributed by atoms with van der Waals surface area (Å²) in [5.41, 5.74) is 1.64. The molecule has 2 nitrogen and oxygen atoms in total. The molecule has 0 amide bonds. The van der Waals surface area contributed by atoms with E-state index in [2.05, 4.69) is 4.98 Å². The number of halogens is 2. The van der Waals surface area contributed by atoms with Gasteiger partial charge in [0, 0.05) is 27.2 Å². The standard InChI is InChI=1S/C15H9Cl2NO/c16-11-3-4-12(14(17)8-11)10-2-1-9-5-6-18-15(19)13(9)7-10/h1-8H,(H,18,19). The van der Waals surface area contributed by atoms with Crippen molar-refractivity contribution in [1.29, 1.82) is 0 Å². The van der Waals surface area contributed by atoms with Gasteiger partial charge in [-0.3, -0.25) is 4.79 Å². The third-order valence-electron chi connectivity index (χ3n) is 3.02. The Morgan fingerprint density at radius 1 is 0.947 bits per heavy atom. The van der Waals surface area contributed by atoms with Crippen LogP contribution in [0.4, 0.5) is 0 Å². The molecule has 0 atom stereocenters. The summed E-state index contributed by atoms with van der Waals surface area (Å²) >= 11 is 12.1. The molecule has 0 bridgehead atoms. The maximum Gasteiger partial charge on any atom is 0.255 e. The first-order valence-electron chi connectivity index (χ1n) is 5.72. The SMILES string of the molecule is O=c1[nH]ccc2ccc(-c3ccc(Cl)cc3Cl)cc12. The third kappa shape index (κ3) is 2.25. The highest BCUT2D eigenvalue weighted by atomic mass is 35.5. The number of hydrogen-bond donors (Lipinski definition) is 1. The van der Waals surface area contributed by atoms with Crippen LogP contribution in [-0.2, 0) is 0 Å². The average molecular weight is 290 g/mol. The third-order valence-corrected chi connectivity index (χ3v) is 3.57. The van der Waals surface area contributed by atoms with E-state index in [4.69, 9.17) is 23.2 Å². The molecule has 3 rings (SSSR count).